The van der Waals surface area contributed by atoms with Crippen molar-refractivity contribution >= 4 is 5.78 Å². The predicted molar refractivity (Wildman–Crippen MR) is 77.9 cm³/mol. The summed E-state index contributed by atoms with van der Waals surface area (Å²) in [6, 6.07) is 5.51. The molecule has 1 aliphatic rings. The van der Waals surface area contributed by atoms with Gasteiger partial charge in [0.25, 0.3) is 0 Å². The van der Waals surface area contributed by atoms with Crippen LogP contribution in [0, 0.1) is 0 Å². The maximum Gasteiger partial charge on any atom is 0.168 e. The van der Waals surface area contributed by atoms with E-state index in [0.29, 0.717) is 25.4 Å². The fourth-order valence-electron chi connectivity index (χ4n) is 2.37. The molecule has 0 spiro atoms. The second-order valence-corrected chi connectivity index (χ2v) is 5.09. The van der Waals surface area contributed by atoms with Crippen molar-refractivity contribution in [1.29, 1.82) is 0 Å². The van der Waals surface area contributed by atoms with E-state index < -0.39 is 0 Å². The highest BCUT2D eigenvalue weighted by atomic mass is 16.5. The first kappa shape index (κ1) is 14.9. The van der Waals surface area contributed by atoms with Crippen molar-refractivity contribution in [2.75, 3.05) is 32.8 Å². The van der Waals surface area contributed by atoms with E-state index in [-0.39, 0.29) is 5.78 Å². The topological polar surface area (TPSA) is 40.0 Å². The lowest BCUT2D eigenvalue weighted by molar-refractivity contribution is -0.895. The Kier molecular flexibility index (Phi) is 5.41. The van der Waals surface area contributed by atoms with Crippen LogP contribution in [0.2, 0.25) is 0 Å². The first-order chi connectivity index (χ1) is 9.74. The Bertz CT molecular complexity index is 455. The molecule has 20 heavy (non-hydrogen) atoms. The van der Waals surface area contributed by atoms with Gasteiger partial charge in [0.15, 0.2) is 17.3 Å². The molecule has 0 unspecified atom stereocenters. The van der Waals surface area contributed by atoms with E-state index in [2.05, 4.69) is 13.8 Å². The summed E-state index contributed by atoms with van der Waals surface area (Å²) in [7, 11) is 0. The Morgan fingerprint density at radius 3 is 2.55 bits per heavy atom. The van der Waals surface area contributed by atoms with Crippen molar-refractivity contribution in [3.8, 4) is 11.5 Å². The number of ether oxygens (including phenoxy) is 2. The monoisotopic (exact) mass is 278 g/mol. The number of Topliss-reactive ketones (excluding diaryl/α,β-unsaturated/α-hetero) is 1. The van der Waals surface area contributed by atoms with Crippen LogP contribution in [-0.4, -0.2) is 38.6 Å². The molecule has 0 saturated carbocycles. The summed E-state index contributed by atoms with van der Waals surface area (Å²) in [5.74, 6) is 1.62. The number of carbonyl (C=O) groups is 1. The second-order valence-electron chi connectivity index (χ2n) is 5.09. The van der Waals surface area contributed by atoms with Gasteiger partial charge in [-0.15, -0.1) is 0 Å². The summed E-state index contributed by atoms with van der Waals surface area (Å²) >= 11 is 0. The number of fused-ring (bicyclic) bond motifs is 1. The van der Waals surface area contributed by atoms with Gasteiger partial charge in [0.2, 0.25) is 0 Å². The minimum atomic E-state index is 0.181. The standard InChI is InChI=1S/C16H23NO3/c1-3-17(4-2)9-8-14(18)13-6-7-15-16(12-13)20-11-5-10-19-15/h6-7,12H,3-5,8-11H2,1-2H3/p+1. The number of rotatable bonds is 6. The van der Waals surface area contributed by atoms with Gasteiger partial charge in [-0.3, -0.25) is 4.79 Å². The zero-order chi connectivity index (χ0) is 14.4. The first-order valence-corrected chi connectivity index (χ1v) is 7.51. The minimum Gasteiger partial charge on any atom is -0.490 e. The van der Waals surface area contributed by atoms with Crippen LogP contribution in [0.4, 0.5) is 0 Å². The molecule has 1 aliphatic heterocycles. The molecule has 1 aromatic rings. The number of benzene rings is 1. The van der Waals surface area contributed by atoms with E-state index in [1.807, 2.05) is 18.2 Å². The van der Waals surface area contributed by atoms with E-state index in [1.54, 1.807) is 0 Å². The molecule has 0 fully saturated rings. The summed E-state index contributed by atoms with van der Waals surface area (Å²) in [5, 5.41) is 0. The van der Waals surface area contributed by atoms with E-state index in [1.165, 1.54) is 4.90 Å². The van der Waals surface area contributed by atoms with Crippen LogP contribution in [0.25, 0.3) is 0 Å². The molecule has 4 heteroatoms. The number of hydrogen-bond acceptors (Lipinski definition) is 3. The molecule has 1 aromatic carbocycles. The maximum absolute atomic E-state index is 12.2. The zero-order valence-corrected chi connectivity index (χ0v) is 12.4. The van der Waals surface area contributed by atoms with Gasteiger partial charge >= 0.3 is 0 Å². The Hall–Kier alpha value is -1.55. The molecule has 0 radical (unpaired) electrons. The largest absolute Gasteiger partial charge is 0.490 e. The number of quaternary nitrogens is 1. The lowest BCUT2D eigenvalue weighted by Gasteiger charge is -2.14. The average Bonchev–Trinajstić information content (AvgIpc) is 2.72. The first-order valence-electron chi connectivity index (χ1n) is 7.51. The number of hydrogen-bond donors (Lipinski definition) is 1. The number of carbonyl (C=O) groups excluding carboxylic acids is 1. The van der Waals surface area contributed by atoms with Crippen molar-refractivity contribution in [2.24, 2.45) is 0 Å². The van der Waals surface area contributed by atoms with Crippen LogP contribution in [-0.2, 0) is 0 Å². The smallest absolute Gasteiger partial charge is 0.168 e. The van der Waals surface area contributed by atoms with Crippen molar-refractivity contribution in [1.82, 2.24) is 0 Å². The third-order valence-electron chi connectivity index (χ3n) is 3.78. The van der Waals surface area contributed by atoms with Gasteiger partial charge in [0, 0.05) is 12.0 Å². The van der Waals surface area contributed by atoms with Gasteiger partial charge in [-0.05, 0) is 32.0 Å². The van der Waals surface area contributed by atoms with Crippen molar-refractivity contribution < 1.29 is 19.2 Å². The highest BCUT2D eigenvalue weighted by Gasteiger charge is 2.15. The molecule has 0 amide bonds. The summed E-state index contributed by atoms with van der Waals surface area (Å²) in [4.78, 5) is 13.7. The van der Waals surface area contributed by atoms with E-state index >= 15 is 0 Å². The minimum absolute atomic E-state index is 0.181. The third kappa shape index (κ3) is 3.73. The maximum atomic E-state index is 12.2. The highest BCUT2D eigenvalue weighted by molar-refractivity contribution is 5.96. The zero-order valence-electron chi connectivity index (χ0n) is 12.4. The quantitative estimate of drug-likeness (QED) is 0.798. The molecule has 110 valence electrons. The van der Waals surface area contributed by atoms with Crippen LogP contribution in [0.5, 0.6) is 11.5 Å². The summed E-state index contributed by atoms with van der Waals surface area (Å²) in [5.41, 5.74) is 0.723. The number of nitrogens with one attached hydrogen (secondary N) is 1. The summed E-state index contributed by atoms with van der Waals surface area (Å²) < 4.78 is 11.2. The van der Waals surface area contributed by atoms with Crippen molar-refractivity contribution in [3.05, 3.63) is 23.8 Å². The molecule has 0 atom stereocenters. The molecule has 2 rings (SSSR count). The van der Waals surface area contributed by atoms with Crippen LogP contribution in [0.1, 0.15) is 37.0 Å². The third-order valence-corrected chi connectivity index (χ3v) is 3.78. The van der Waals surface area contributed by atoms with E-state index in [4.69, 9.17) is 9.47 Å². The average molecular weight is 278 g/mol. The van der Waals surface area contributed by atoms with Crippen LogP contribution in [0.3, 0.4) is 0 Å². The Morgan fingerprint density at radius 2 is 1.85 bits per heavy atom. The molecule has 0 saturated heterocycles. The predicted octanol–water partition coefficient (Wildman–Crippen LogP) is 1.35. The summed E-state index contributed by atoms with van der Waals surface area (Å²) in [6.07, 6.45) is 1.46. The molecular formula is C16H24NO3+. The van der Waals surface area contributed by atoms with E-state index in [0.717, 1.165) is 37.4 Å². The van der Waals surface area contributed by atoms with Crippen LogP contribution in [0.15, 0.2) is 18.2 Å². The Balaban J connectivity index is 2.01. The Labute approximate surface area is 120 Å². The molecule has 4 nitrogen and oxygen atoms in total. The number of ketones is 1. The molecule has 1 heterocycles. The lowest BCUT2D eigenvalue weighted by atomic mass is 10.1. The molecular weight excluding hydrogens is 254 g/mol. The van der Waals surface area contributed by atoms with E-state index in [9.17, 15) is 4.79 Å². The van der Waals surface area contributed by atoms with Crippen LogP contribution < -0.4 is 14.4 Å². The summed E-state index contributed by atoms with van der Waals surface area (Å²) in [6.45, 7) is 8.63. The fraction of sp³-hybridized carbons (Fsp3) is 0.562. The SMILES string of the molecule is CC[NH+](CC)CCC(=O)c1ccc2c(c1)OCCCO2. The molecule has 1 N–H and O–H groups in total. The molecule has 0 aliphatic carbocycles. The highest BCUT2D eigenvalue weighted by Crippen LogP contribution is 2.30. The second kappa shape index (κ2) is 7.29. The van der Waals surface area contributed by atoms with Crippen molar-refractivity contribution in [2.45, 2.75) is 26.7 Å². The van der Waals surface area contributed by atoms with Crippen molar-refractivity contribution in [3.63, 3.8) is 0 Å². The lowest BCUT2D eigenvalue weighted by Crippen LogP contribution is -3.11. The molecule has 0 aromatic heterocycles. The Morgan fingerprint density at radius 1 is 1.15 bits per heavy atom. The van der Waals surface area contributed by atoms with Gasteiger partial charge in [0.05, 0.1) is 39.3 Å². The van der Waals surface area contributed by atoms with Crippen LogP contribution >= 0.6 is 0 Å². The van der Waals surface area contributed by atoms with Gasteiger partial charge in [0.1, 0.15) is 0 Å². The van der Waals surface area contributed by atoms with Gasteiger partial charge < -0.3 is 14.4 Å². The van der Waals surface area contributed by atoms with Gasteiger partial charge in [-0.2, -0.15) is 0 Å². The van der Waals surface area contributed by atoms with Gasteiger partial charge in [-0.25, -0.2) is 0 Å². The normalized spacial score (nSPS) is 14.2. The molecule has 0 bridgehead atoms. The fourth-order valence-corrected chi connectivity index (χ4v) is 2.37. The van der Waals surface area contributed by atoms with Gasteiger partial charge in [-0.1, -0.05) is 0 Å².